The van der Waals surface area contributed by atoms with E-state index in [1.54, 1.807) is 11.8 Å². The number of carbonyl (C=O) groups excluding carboxylic acids is 1. The Bertz CT molecular complexity index is 801. The monoisotopic (exact) mass is 354 g/mol. The number of benzene rings is 2. The number of nitrogens with zero attached hydrogens (tertiary/aromatic N) is 1. The third-order valence-corrected chi connectivity index (χ3v) is 4.79. The first kappa shape index (κ1) is 17.2. The quantitative estimate of drug-likeness (QED) is 0.601. The van der Waals surface area contributed by atoms with E-state index in [2.05, 4.69) is 11.4 Å². The van der Waals surface area contributed by atoms with Crippen molar-refractivity contribution in [1.82, 2.24) is 0 Å². The zero-order chi connectivity index (χ0) is 17.5. The number of nitriles is 1. The summed E-state index contributed by atoms with van der Waals surface area (Å²) in [4.78, 5) is 13.3. The number of hydrogen-bond acceptors (Lipinski definition) is 5. The number of para-hydroxylation sites is 1. The first-order chi connectivity index (χ1) is 12.3. The third kappa shape index (κ3) is 4.68. The predicted octanol–water partition coefficient (Wildman–Crippen LogP) is 3.99. The van der Waals surface area contributed by atoms with Gasteiger partial charge in [-0.05, 0) is 36.2 Å². The lowest BCUT2D eigenvalue weighted by Gasteiger charge is -2.10. The molecule has 25 heavy (non-hydrogen) atoms. The molecule has 0 bridgehead atoms. The molecule has 1 aliphatic rings. The van der Waals surface area contributed by atoms with Crippen LogP contribution in [0, 0.1) is 11.3 Å². The molecule has 128 valence electrons. The Labute approximate surface area is 150 Å². The standard InChI is InChI=1S/C19H18N2O3S/c20-10-3-11-25-18-5-2-1-4-15(18)21-19(22)9-7-14-6-8-16-17(12-14)24-13-23-16/h1-2,4-6,8,12H,3,7,9,11,13H2,(H,21,22). The predicted molar refractivity (Wildman–Crippen MR) is 96.9 cm³/mol. The summed E-state index contributed by atoms with van der Waals surface area (Å²) in [5, 5.41) is 11.6. The van der Waals surface area contributed by atoms with Crippen LogP contribution >= 0.6 is 11.8 Å². The smallest absolute Gasteiger partial charge is 0.231 e. The molecule has 0 radical (unpaired) electrons. The molecule has 6 heteroatoms. The molecule has 0 spiro atoms. The Balaban J connectivity index is 1.55. The molecule has 0 saturated heterocycles. The number of ether oxygens (including phenoxy) is 2. The highest BCUT2D eigenvalue weighted by molar-refractivity contribution is 7.99. The molecule has 0 saturated carbocycles. The number of fused-ring (bicyclic) bond motifs is 1. The molecule has 0 aromatic heterocycles. The molecule has 0 fully saturated rings. The topological polar surface area (TPSA) is 71.4 Å². The molecular formula is C19H18N2O3S. The number of anilines is 1. The number of hydrogen-bond donors (Lipinski definition) is 1. The van der Waals surface area contributed by atoms with Crippen molar-refractivity contribution in [3.8, 4) is 17.6 Å². The Morgan fingerprint density at radius 2 is 2.04 bits per heavy atom. The Hall–Kier alpha value is -2.65. The van der Waals surface area contributed by atoms with Gasteiger partial charge < -0.3 is 14.8 Å². The zero-order valence-electron chi connectivity index (χ0n) is 13.7. The second-order valence-corrected chi connectivity index (χ2v) is 6.63. The minimum Gasteiger partial charge on any atom is -0.454 e. The van der Waals surface area contributed by atoms with Crippen molar-refractivity contribution in [3.05, 3.63) is 48.0 Å². The van der Waals surface area contributed by atoms with Gasteiger partial charge in [-0.1, -0.05) is 18.2 Å². The highest BCUT2D eigenvalue weighted by Crippen LogP contribution is 2.33. The highest BCUT2D eigenvalue weighted by atomic mass is 32.2. The fourth-order valence-electron chi connectivity index (χ4n) is 2.47. The number of nitrogens with one attached hydrogen (secondary N) is 1. The Morgan fingerprint density at radius 1 is 1.20 bits per heavy atom. The van der Waals surface area contributed by atoms with E-state index in [-0.39, 0.29) is 12.7 Å². The van der Waals surface area contributed by atoms with Gasteiger partial charge in [0.05, 0.1) is 11.8 Å². The van der Waals surface area contributed by atoms with Gasteiger partial charge >= 0.3 is 0 Å². The van der Waals surface area contributed by atoms with Gasteiger partial charge in [0.1, 0.15) is 0 Å². The van der Waals surface area contributed by atoms with Crippen LogP contribution in [0.4, 0.5) is 5.69 Å². The van der Waals surface area contributed by atoms with Crippen LogP contribution in [0.3, 0.4) is 0 Å². The highest BCUT2D eigenvalue weighted by Gasteiger charge is 2.14. The van der Waals surface area contributed by atoms with Crippen LogP contribution < -0.4 is 14.8 Å². The summed E-state index contributed by atoms with van der Waals surface area (Å²) in [7, 11) is 0. The first-order valence-electron chi connectivity index (χ1n) is 8.03. The molecule has 0 aliphatic carbocycles. The van der Waals surface area contributed by atoms with E-state index in [9.17, 15) is 4.79 Å². The summed E-state index contributed by atoms with van der Waals surface area (Å²) in [6.45, 7) is 0.250. The second-order valence-electron chi connectivity index (χ2n) is 5.49. The lowest BCUT2D eigenvalue weighted by Crippen LogP contribution is -2.13. The van der Waals surface area contributed by atoms with Crippen LogP contribution in [0.15, 0.2) is 47.4 Å². The average molecular weight is 354 g/mol. The number of carbonyl (C=O) groups is 1. The van der Waals surface area contributed by atoms with E-state index < -0.39 is 0 Å². The summed E-state index contributed by atoms with van der Waals surface area (Å²) >= 11 is 1.57. The van der Waals surface area contributed by atoms with Crippen molar-refractivity contribution in [3.63, 3.8) is 0 Å². The minimum absolute atomic E-state index is 0.0361. The maximum atomic E-state index is 12.3. The van der Waals surface area contributed by atoms with Crippen molar-refractivity contribution in [1.29, 1.82) is 5.26 Å². The van der Waals surface area contributed by atoms with Gasteiger partial charge in [0.25, 0.3) is 0 Å². The zero-order valence-corrected chi connectivity index (χ0v) is 14.5. The third-order valence-electron chi connectivity index (χ3n) is 3.71. The van der Waals surface area contributed by atoms with Crippen molar-refractivity contribution in [2.24, 2.45) is 0 Å². The molecular weight excluding hydrogens is 336 g/mol. The maximum Gasteiger partial charge on any atom is 0.231 e. The van der Waals surface area contributed by atoms with Crippen LogP contribution in [0.1, 0.15) is 18.4 Å². The van der Waals surface area contributed by atoms with Gasteiger partial charge in [-0.2, -0.15) is 5.26 Å². The van der Waals surface area contributed by atoms with Crippen LogP contribution in [-0.2, 0) is 11.2 Å². The Kier molecular flexibility index (Phi) is 5.81. The van der Waals surface area contributed by atoms with Crippen LogP contribution in [0.25, 0.3) is 0 Å². The summed E-state index contributed by atoms with van der Waals surface area (Å²) in [5.74, 6) is 2.15. The van der Waals surface area contributed by atoms with Gasteiger partial charge in [0.2, 0.25) is 12.7 Å². The SMILES string of the molecule is N#CCCSc1ccccc1NC(=O)CCc1ccc2c(c1)OCO2. The van der Waals surface area contributed by atoms with E-state index in [0.29, 0.717) is 25.0 Å². The van der Waals surface area contributed by atoms with Crippen molar-refractivity contribution < 1.29 is 14.3 Å². The molecule has 0 unspecified atom stereocenters. The lowest BCUT2D eigenvalue weighted by molar-refractivity contribution is -0.116. The van der Waals surface area contributed by atoms with Crippen molar-refractivity contribution in [2.45, 2.75) is 24.2 Å². The van der Waals surface area contributed by atoms with Gasteiger partial charge in [-0.25, -0.2) is 0 Å². The molecule has 5 nitrogen and oxygen atoms in total. The van der Waals surface area contributed by atoms with E-state index in [1.165, 1.54) is 0 Å². The van der Waals surface area contributed by atoms with E-state index in [1.807, 2.05) is 42.5 Å². The summed E-state index contributed by atoms with van der Waals surface area (Å²) in [6.07, 6.45) is 1.50. The molecule has 1 aliphatic heterocycles. The first-order valence-corrected chi connectivity index (χ1v) is 9.02. The summed E-state index contributed by atoms with van der Waals surface area (Å²) in [5.41, 5.74) is 1.83. The van der Waals surface area contributed by atoms with Gasteiger partial charge in [-0.3, -0.25) is 4.79 Å². The van der Waals surface area contributed by atoms with Gasteiger partial charge in [-0.15, -0.1) is 11.8 Å². The van der Waals surface area contributed by atoms with E-state index in [0.717, 1.165) is 27.6 Å². The summed E-state index contributed by atoms with van der Waals surface area (Å²) in [6, 6.07) is 15.5. The van der Waals surface area contributed by atoms with Crippen LogP contribution in [-0.4, -0.2) is 18.5 Å². The largest absolute Gasteiger partial charge is 0.454 e. The van der Waals surface area contributed by atoms with Crippen molar-refractivity contribution >= 4 is 23.4 Å². The maximum absolute atomic E-state index is 12.3. The number of aryl methyl sites for hydroxylation is 1. The molecule has 0 atom stereocenters. The van der Waals surface area contributed by atoms with Crippen LogP contribution in [0.5, 0.6) is 11.5 Å². The molecule has 1 N–H and O–H groups in total. The normalized spacial score (nSPS) is 11.8. The molecule has 3 rings (SSSR count). The number of thioether (sulfide) groups is 1. The number of amides is 1. The summed E-state index contributed by atoms with van der Waals surface area (Å²) < 4.78 is 10.6. The average Bonchev–Trinajstić information content (AvgIpc) is 3.09. The van der Waals surface area contributed by atoms with Crippen molar-refractivity contribution in [2.75, 3.05) is 17.9 Å². The van der Waals surface area contributed by atoms with E-state index in [4.69, 9.17) is 14.7 Å². The number of rotatable bonds is 7. The molecule has 2 aromatic rings. The van der Waals surface area contributed by atoms with Gasteiger partial charge in [0, 0.05) is 23.5 Å². The lowest BCUT2D eigenvalue weighted by atomic mass is 10.1. The molecule has 1 heterocycles. The van der Waals surface area contributed by atoms with Crippen LogP contribution in [0.2, 0.25) is 0 Å². The fourth-order valence-corrected chi connectivity index (χ4v) is 3.33. The van der Waals surface area contributed by atoms with Gasteiger partial charge in [0.15, 0.2) is 11.5 Å². The Morgan fingerprint density at radius 3 is 2.92 bits per heavy atom. The minimum atomic E-state index is -0.0361. The second kappa shape index (κ2) is 8.45. The molecule has 2 aromatic carbocycles. The fraction of sp³-hybridized carbons (Fsp3) is 0.263. The molecule has 1 amide bonds. The van der Waals surface area contributed by atoms with E-state index >= 15 is 0 Å².